The van der Waals surface area contributed by atoms with Crippen LogP contribution in [-0.2, 0) is 17.5 Å². The molecule has 0 aliphatic heterocycles. The van der Waals surface area contributed by atoms with Gasteiger partial charge in [-0.25, -0.2) is 0 Å². The molecule has 98 valence electrons. The summed E-state index contributed by atoms with van der Waals surface area (Å²) in [5, 5.41) is 10.7. The maximum Gasteiger partial charge on any atom is 0.269 e. The van der Waals surface area contributed by atoms with Crippen molar-refractivity contribution in [2.45, 2.75) is 11.3 Å². The molecule has 0 aliphatic rings. The number of nitro groups is 1. The fourth-order valence-electron chi connectivity index (χ4n) is 1.80. The predicted octanol–water partition coefficient (Wildman–Crippen LogP) is 2.42. The third-order valence-electron chi connectivity index (χ3n) is 2.67. The highest BCUT2D eigenvalue weighted by Crippen LogP contribution is 2.22. The Morgan fingerprint density at radius 2 is 1.79 bits per heavy atom. The zero-order valence-electron chi connectivity index (χ0n) is 9.81. The molecule has 0 saturated heterocycles. The molecule has 0 aromatic heterocycles. The van der Waals surface area contributed by atoms with Crippen LogP contribution >= 0.6 is 0 Å². The Hall–Kier alpha value is -2.05. The lowest BCUT2D eigenvalue weighted by molar-refractivity contribution is -0.385. The summed E-state index contributed by atoms with van der Waals surface area (Å²) in [6.07, 6.45) is 0.339. The molecule has 2 rings (SSSR count). The molecule has 1 atom stereocenters. The minimum Gasteiger partial charge on any atom is -0.768 e. The van der Waals surface area contributed by atoms with E-state index in [0.717, 1.165) is 5.56 Å². The Morgan fingerprint density at radius 3 is 2.37 bits per heavy atom. The average molecular weight is 276 g/mol. The van der Waals surface area contributed by atoms with Gasteiger partial charge in [0, 0.05) is 17.0 Å². The Kier molecular flexibility index (Phi) is 4.03. The summed E-state index contributed by atoms with van der Waals surface area (Å²) >= 11 is -2.41. The van der Waals surface area contributed by atoms with Gasteiger partial charge in [-0.1, -0.05) is 30.3 Å². The maximum atomic E-state index is 11.1. The summed E-state index contributed by atoms with van der Waals surface area (Å²) < 4.78 is 22.2. The van der Waals surface area contributed by atoms with Crippen molar-refractivity contribution in [2.24, 2.45) is 0 Å². The van der Waals surface area contributed by atoms with Crippen LogP contribution in [0.2, 0.25) is 0 Å². The van der Waals surface area contributed by atoms with Crippen LogP contribution in [0.4, 0.5) is 5.69 Å². The van der Waals surface area contributed by atoms with Crippen molar-refractivity contribution in [3.8, 4) is 0 Å². The molecule has 0 aliphatic carbocycles. The summed E-state index contributed by atoms with van der Waals surface area (Å²) in [4.78, 5) is 10.3. The first-order valence-electron chi connectivity index (χ1n) is 5.48. The molecule has 19 heavy (non-hydrogen) atoms. The van der Waals surface area contributed by atoms with Crippen LogP contribution in [0, 0.1) is 10.1 Å². The van der Waals surface area contributed by atoms with Crippen molar-refractivity contribution < 1.29 is 13.7 Å². The highest BCUT2D eigenvalue weighted by Gasteiger charge is 2.11. The predicted molar refractivity (Wildman–Crippen MR) is 69.5 cm³/mol. The quantitative estimate of drug-likeness (QED) is 0.487. The van der Waals surface area contributed by atoms with Gasteiger partial charge in [-0.15, -0.1) is 0 Å². The molecule has 0 amide bonds. The van der Waals surface area contributed by atoms with Gasteiger partial charge in [0.15, 0.2) is 0 Å². The van der Waals surface area contributed by atoms with Gasteiger partial charge in [-0.05, 0) is 34.7 Å². The minimum atomic E-state index is -2.41. The number of nitrogens with zero attached hydrogens (tertiary/aromatic N) is 1. The van der Waals surface area contributed by atoms with Crippen LogP contribution in [0.5, 0.6) is 0 Å². The molecule has 6 heteroatoms. The molecule has 0 saturated carbocycles. The van der Waals surface area contributed by atoms with Crippen LogP contribution in [0.1, 0.15) is 11.1 Å². The second kappa shape index (κ2) is 5.73. The molecule has 0 radical (unpaired) electrons. The average Bonchev–Trinajstić information content (AvgIpc) is 2.39. The van der Waals surface area contributed by atoms with Gasteiger partial charge in [0.1, 0.15) is 0 Å². The fourth-order valence-corrected chi connectivity index (χ4v) is 2.32. The van der Waals surface area contributed by atoms with E-state index in [1.807, 2.05) is 30.3 Å². The first-order valence-corrected chi connectivity index (χ1v) is 6.56. The van der Waals surface area contributed by atoms with Crippen LogP contribution in [-0.4, -0.2) is 13.7 Å². The SMILES string of the molecule is O=[N+]([O-])c1ccc(S(=O)[O-])c(Cc2ccccc2)c1. The maximum absolute atomic E-state index is 11.1. The van der Waals surface area contributed by atoms with Gasteiger partial charge in [0.05, 0.1) is 4.92 Å². The summed E-state index contributed by atoms with van der Waals surface area (Å²) in [6.45, 7) is 0. The lowest BCUT2D eigenvalue weighted by Crippen LogP contribution is -2.00. The van der Waals surface area contributed by atoms with Crippen molar-refractivity contribution in [3.63, 3.8) is 0 Å². The fraction of sp³-hybridized carbons (Fsp3) is 0.0769. The van der Waals surface area contributed by atoms with Crippen molar-refractivity contribution in [1.29, 1.82) is 0 Å². The van der Waals surface area contributed by atoms with E-state index >= 15 is 0 Å². The van der Waals surface area contributed by atoms with Crippen LogP contribution in [0.3, 0.4) is 0 Å². The molecule has 0 spiro atoms. The van der Waals surface area contributed by atoms with Gasteiger partial charge in [0.25, 0.3) is 5.69 Å². The van der Waals surface area contributed by atoms with Gasteiger partial charge < -0.3 is 4.55 Å². The zero-order valence-corrected chi connectivity index (χ0v) is 10.6. The molecule has 2 aromatic rings. The largest absolute Gasteiger partial charge is 0.768 e. The number of nitro benzene ring substituents is 1. The molecule has 0 heterocycles. The van der Waals surface area contributed by atoms with Crippen molar-refractivity contribution in [1.82, 2.24) is 0 Å². The normalized spacial score (nSPS) is 12.1. The topological polar surface area (TPSA) is 83.3 Å². The van der Waals surface area contributed by atoms with E-state index in [0.29, 0.717) is 12.0 Å². The number of rotatable bonds is 4. The van der Waals surface area contributed by atoms with E-state index in [1.165, 1.54) is 18.2 Å². The summed E-state index contributed by atoms with van der Waals surface area (Å²) in [5.74, 6) is 0. The van der Waals surface area contributed by atoms with Gasteiger partial charge in [-0.3, -0.25) is 14.3 Å². The first-order chi connectivity index (χ1) is 9.08. The van der Waals surface area contributed by atoms with Crippen molar-refractivity contribution in [2.75, 3.05) is 0 Å². The van der Waals surface area contributed by atoms with Gasteiger partial charge in [0.2, 0.25) is 0 Å². The molecule has 2 aromatic carbocycles. The van der Waals surface area contributed by atoms with Gasteiger partial charge in [-0.2, -0.15) is 0 Å². The second-order valence-electron chi connectivity index (χ2n) is 3.95. The number of hydrogen-bond donors (Lipinski definition) is 0. The Labute approximate surface area is 112 Å². The first kappa shape index (κ1) is 13.4. The number of benzene rings is 2. The summed E-state index contributed by atoms with van der Waals surface area (Å²) in [7, 11) is 0. The van der Waals surface area contributed by atoms with E-state index in [4.69, 9.17) is 0 Å². The van der Waals surface area contributed by atoms with Crippen molar-refractivity contribution in [3.05, 3.63) is 69.8 Å². The molecule has 0 fully saturated rings. The minimum absolute atomic E-state index is 0.0921. The lowest BCUT2D eigenvalue weighted by atomic mass is 10.0. The standard InChI is InChI=1S/C13H11NO4S/c15-14(16)12-6-7-13(19(17)18)11(9-12)8-10-4-2-1-3-5-10/h1-7,9H,8H2,(H,17,18)/p-1. The zero-order chi connectivity index (χ0) is 13.8. The highest BCUT2D eigenvalue weighted by atomic mass is 32.2. The van der Waals surface area contributed by atoms with Gasteiger partial charge >= 0.3 is 0 Å². The number of non-ortho nitro benzene ring substituents is 1. The third kappa shape index (κ3) is 3.24. The summed E-state index contributed by atoms with van der Waals surface area (Å²) in [5.41, 5.74) is 1.21. The van der Waals surface area contributed by atoms with Crippen molar-refractivity contribution >= 4 is 16.8 Å². The van der Waals surface area contributed by atoms with Crippen LogP contribution < -0.4 is 0 Å². The Bertz CT molecular complexity index is 628. The van der Waals surface area contributed by atoms with E-state index < -0.39 is 16.0 Å². The highest BCUT2D eigenvalue weighted by molar-refractivity contribution is 7.79. The van der Waals surface area contributed by atoms with Crippen LogP contribution in [0.15, 0.2) is 53.4 Å². The number of hydrogen-bond acceptors (Lipinski definition) is 4. The lowest BCUT2D eigenvalue weighted by Gasteiger charge is -2.11. The third-order valence-corrected chi connectivity index (χ3v) is 3.43. The van der Waals surface area contributed by atoms with E-state index in [1.54, 1.807) is 0 Å². The van der Waals surface area contributed by atoms with Crippen LogP contribution in [0.25, 0.3) is 0 Å². The smallest absolute Gasteiger partial charge is 0.269 e. The van der Waals surface area contributed by atoms with E-state index in [-0.39, 0.29) is 10.6 Å². The molecule has 5 nitrogen and oxygen atoms in total. The monoisotopic (exact) mass is 276 g/mol. The van der Waals surface area contributed by atoms with E-state index in [9.17, 15) is 18.9 Å². The van der Waals surface area contributed by atoms with E-state index in [2.05, 4.69) is 0 Å². The molecule has 0 bridgehead atoms. The molecule has 1 unspecified atom stereocenters. The molecular weight excluding hydrogens is 266 g/mol. The second-order valence-corrected chi connectivity index (χ2v) is 4.86. The molecular formula is C13H10NO4S-. The Morgan fingerprint density at radius 1 is 1.11 bits per heavy atom. The Balaban J connectivity index is 2.43. The molecule has 0 N–H and O–H groups in total. The summed E-state index contributed by atoms with van der Waals surface area (Å²) in [6, 6.07) is 13.0.